The smallest absolute Gasteiger partial charge is 0.106 e. The Balaban J connectivity index is 1.93. The van der Waals surface area contributed by atoms with Crippen molar-refractivity contribution in [1.82, 2.24) is 15.3 Å². The molecule has 0 bridgehead atoms. The Morgan fingerprint density at radius 1 is 1.39 bits per heavy atom. The quantitative estimate of drug-likeness (QED) is 0.699. The number of aromatic amines is 1. The molecule has 0 saturated heterocycles. The van der Waals surface area contributed by atoms with E-state index in [1.807, 2.05) is 6.20 Å². The lowest BCUT2D eigenvalue weighted by Gasteiger charge is -2.27. The van der Waals surface area contributed by atoms with Crippen LogP contribution in [0.2, 0.25) is 0 Å². The second-order valence-electron chi connectivity index (χ2n) is 5.77. The van der Waals surface area contributed by atoms with Crippen molar-refractivity contribution in [2.24, 2.45) is 5.41 Å². The molecular formula is C14H27N3O. The molecule has 1 atom stereocenters. The van der Waals surface area contributed by atoms with Crippen LogP contribution in [-0.2, 0) is 11.2 Å². The molecule has 0 amide bonds. The molecule has 0 aliphatic rings. The van der Waals surface area contributed by atoms with Gasteiger partial charge in [-0.2, -0.15) is 0 Å². The van der Waals surface area contributed by atoms with Crippen LogP contribution < -0.4 is 5.32 Å². The monoisotopic (exact) mass is 253 g/mol. The number of nitrogens with zero attached hydrogens (tertiary/aromatic N) is 1. The predicted molar refractivity (Wildman–Crippen MR) is 74.6 cm³/mol. The molecule has 1 unspecified atom stereocenters. The van der Waals surface area contributed by atoms with Gasteiger partial charge >= 0.3 is 0 Å². The molecule has 18 heavy (non-hydrogen) atoms. The molecule has 4 nitrogen and oxygen atoms in total. The molecule has 0 saturated carbocycles. The van der Waals surface area contributed by atoms with Crippen LogP contribution in [0.15, 0.2) is 12.4 Å². The summed E-state index contributed by atoms with van der Waals surface area (Å²) in [5.41, 5.74) is 0.222. The minimum Gasteiger partial charge on any atom is -0.377 e. The van der Waals surface area contributed by atoms with Crippen molar-refractivity contribution in [3.8, 4) is 0 Å². The molecule has 0 aliphatic carbocycles. The average molecular weight is 253 g/mol. The zero-order valence-electron chi connectivity index (χ0n) is 12.1. The van der Waals surface area contributed by atoms with E-state index in [9.17, 15) is 0 Å². The van der Waals surface area contributed by atoms with Gasteiger partial charge in [0.2, 0.25) is 0 Å². The zero-order chi connectivity index (χ0) is 13.4. The Kier molecular flexibility index (Phi) is 6.36. The maximum absolute atomic E-state index is 5.78. The third kappa shape index (κ3) is 6.17. The topological polar surface area (TPSA) is 49.9 Å². The number of aryl methyl sites for hydroxylation is 1. The van der Waals surface area contributed by atoms with Gasteiger partial charge in [-0.05, 0) is 25.3 Å². The summed E-state index contributed by atoms with van der Waals surface area (Å²) in [6.07, 6.45) is 6.05. The van der Waals surface area contributed by atoms with Gasteiger partial charge in [0, 0.05) is 25.4 Å². The Hall–Kier alpha value is -0.870. The second-order valence-corrected chi connectivity index (χ2v) is 5.77. The molecule has 104 valence electrons. The SMILES string of the molecule is CC(OCCNCCCc1ncc[nH]1)C(C)(C)C. The van der Waals surface area contributed by atoms with Crippen molar-refractivity contribution in [3.05, 3.63) is 18.2 Å². The molecule has 1 rings (SSSR count). The van der Waals surface area contributed by atoms with Gasteiger partial charge in [0.25, 0.3) is 0 Å². The molecular weight excluding hydrogens is 226 g/mol. The first-order valence-electron chi connectivity index (χ1n) is 6.80. The zero-order valence-corrected chi connectivity index (χ0v) is 12.1. The van der Waals surface area contributed by atoms with Gasteiger partial charge in [-0.25, -0.2) is 4.98 Å². The average Bonchev–Trinajstić information content (AvgIpc) is 2.79. The van der Waals surface area contributed by atoms with Crippen molar-refractivity contribution in [1.29, 1.82) is 0 Å². The third-order valence-corrected chi connectivity index (χ3v) is 3.19. The molecule has 0 spiro atoms. The van der Waals surface area contributed by atoms with Gasteiger partial charge in [-0.1, -0.05) is 20.8 Å². The van der Waals surface area contributed by atoms with E-state index >= 15 is 0 Å². The molecule has 2 N–H and O–H groups in total. The molecule has 0 radical (unpaired) electrons. The number of hydrogen-bond donors (Lipinski definition) is 2. The lowest BCUT2D eigenvalue weighted by atomic mass is 9.90. The lowest BCUT2D eigenvalue weighted by molar-refractivity contribution is -0.00294. The maximum Gasteiger partial charge on any atom is 0.106 e. The summed E-state index contributed by atoms with van der Waals surface area (Å²) in [5.74, 6) is 1.06. The van der Waals surface area contributed by atoms with Crippen molar-refractivity contribution in [3.63, 3.8) is 0 Å². The van der Waals surface area contributed by atoms with E-state index in [4.69, 9.17) is 4.74 Å². The van der Waals surface area contributed by atoms with Crippen molar-refractivity contribution in [2.75, 3.05) is 19.7 Å². The highest BCUT2D eigenvalue weighted by Crippen LogP contribution is 2.21. The number of aromatic nitrogens is 2. The van der Waals surface area contributed by atoms with Crippen LogP contribution in [0.1, 0.15) is 39.9 Å². The number of ether oxygens (including phenoxy) is 1. The van der Waals surface area contributed by atoms with Crippen molar-refractivity contribution < 1.29 is 4.74 Å². The largest absolute Gasteiger partial charge is 0.377 e. The summed E-state index contributed by atoms with van der Waals surface area (Å²) in [5, 5.41) is 3.39. The molecule has 0 aromatic carbocycles. The van der Waals surface area contributed by atoms with Gasteiger partial charge in [0.1, 0.15) is 5.82 Å². The van der Waals surface area contributed by atoms with E-state index in [2.05, 4.69) is 43.0 Å². The number of H-pyrrole nitrogens is 1. The summed E-state index contributed by atoms with van der Waals surface area (Å²) in [7, 11) is 0. The summed E-state index contributed by atoms with van der Waals surface area (Å²) in [4.78, 5) is 7.30. The molecule has 1 aromatic heterocycles. The first-order valence-corrected chi connectivity index (χ1v) is 6.80. The van der Waals surface area contributed by atoms with Crippen LogP contribution in [0.25, 0.3) is 0 Å². The van der Waals surface area contributed by atoms with Crippen LogP contribution in [0.4, 0.5) is 0 Å². The van der Waals surface area contributed by atoms with Gasteiger partial charge in [0.05, 0.1) is 12.7 Å². The highest BCUT2D eigenvalue weighted by molar-refractivity contribution is 4.86. The molecule has 1 heterocycles. The number of rotatable bonds is 8. The number of hydrogen-bond acceptors (Lipinski definition) is 3. The Morgan fingerprint density at radius 2 is 2.17 bits per heavy atom. The molecule has 0 fully saturated rings. The van der Waals surface area contributed by atoms with Gasteiger partial charge in [0.15, 0.2) is 0 Å². The minimum atomic E-state index is 0.222. The molecule has 1 aromatic rings. The van der Waals surface area contributed by atoms with Crippen molar-refractivity contribution in [2.45, 2.75) is 46.6 Å². The van der Waals surface area contributed by atoms with E-state index in [0.29, 0.717) is 6.10 Å². The van der Waals surface area contributed by atoms with E-state index < -0.39 is 0 Å². The van der Waals surface area contributed by atoms with E-state index in [0.717, 1.165) is 38.4 Å². The highest BCUT2D eigenvalue weighted by atomic mass is 16.5. The summed E-state index contributed by atoms with van der Waals surface area (Å²) < 4.78 is 5.78. The Morgan fingerprint density at radius 3 is 2.78 bits per heavy atom. The third-order valence-electron chi connectivity index (χ3n) is 3.19. The first-order chi connectivity index (χ1) is 8.50. The summed E-state index contributed by atoms with van der Waals surface area (Å²) in [6.45, 7) is 11.4. The van der Waals surface area contributed by atoms with Crippen LogP contribution in [0.5, 0.6) is 0 Å². The van der Waals surface area contributed by atoms with E-state index in [-0.39, 0.29) is 5.41 Å². The molecule has 0 aliphatic heterocycles. The number of nitrogens with one attached hydrogen (secondary N) is 2. The van der Waals surface area contributed by atoms with Crippen LogP contribution in [-0.4, -0.2) is 35.8 Å². The van der Waals surface area contributed by atoms with E-state index in [1.165, 1.54) is 0 Å². The lowest BCUT2D eigenvalue weighted by Crippen LogP contribution is -2.30. The van der Waals surface area contributed by atoms with Crippen molar-refractivity contribution >= 4 is 0 Å². The van der Waals surface area contributed by atoms with Gasteiger partial charge in [-0.15, -0.1) is 0 Å². The van der Waals surface area contributed by atoms with Gasteiger partial charge < -0.3 is 15.0 Å². The fourth-order valence-electron chi connectivity index (χ4n) is 1.50. The van der Waals surface area contributed by atoms with Crippen LogP contribution in [0.3, 0.4) is 0 Å². The Bertz CT molecular complexity index is 303. The fourth-order valence-corrected chi connectivity index (χ4v) is 1.50. The van der Waals surface area contributed by atoms with Crippen LogP contribution >= 0.6 is 0 Å². The highest BCUT2D eigenvalue weighted by Gasteiger charge is 2.19. The van der Waals surface area contributed by atoms with E-state index in [1.54, 1.807) is 6.20 Å². The minimum absolute atomic E-state index is 0.222. The Labute approximate surface area is 111 Å². The first kappa shape index (κ1) is 15.2. The maximum atomic E-state index is 5.78. The van der Waals surface area contributed by atoms with Gasteiger partial charge in [-0.3, -0.25) is 0 Å². The summed E-state index contributed by atoms with van der Waals surface area (Å²) in [6, 6.07) is 0. The fraction of sp³-hybridized carbons (Fsp3) is 0.786. The standard InChI is InChI=1S/C14H27N3O/c1-12(14(2,3)4)18-11-10-15-7-5-6-13-16-8-9-17-13/h8-9,12,15H,5-7,10-11H2,1-4H3,(H,16,17). The normalized spacial score (nSPS) is 13.8. The molecule has 4 heteroatoms. The number of imidazole rings is 1. The van der Waals surface area contributed by atoms with Crippen LogP contribution in [0, 0.1) is 5.41 Å². The second kappa shape index (κ2) is 7.54. The summed E-state index contributed by atoms with van der Waals surface area (Å²) >= 11 is 0. The predicted octanol–water partition coefficient (Wildman–Crippen LogP) is 2.38.